The molecule has 0 spiro atoms. The molecule has 2 aliphatic rings. The van der Waals surface area contributed by atoms with Crippen LogP contribution in [-0.4, -0.2) is 23.4 Å². The van der Waals surface area contributed by atoms with E-state index in [1.54, 1.807) is 0 Å². The van der Waals surface area contributed by atoms with Gasteiger partial charge in [-0.3, -0.25) is 4.79 Å². The van der Waals surface area contributed by atoms with Gasteiger partial charge >= 0.3 is 5.97 Å². The van der Waals surface area contributed by atoms with E-state index in [1.807, 2.05) is 20.8 Å². The Kier molecular flexibility index (Phi) is 3.15. The van der Waals surface area contributed by atoms with Crippen molar-refractivity contribution in [3.05, 3.63) is 0 Å². The molecule has 2 atom stereocenters. The van der Waals surface area contributed by atoms with E-state index in [9.17, 15) is 4.79 Å². The molecule has 0 saturated heterocycles. The highest BCUT2D eigenvalue weighted by atomic mass is 16.6. The fraction of sp³-hybridized carbons (Fsp3) is 0.846. The van der Waals surface area contributed by atoms with Crippen molar-refractivity contribution in [1.29, 1.82) is 0 Å². The van der Waals surface area contributed by atoms with Crippen LogP contribution in [0.25, 0.3) is 0 Å². The highest BCUT2D eigenvalue weighted by Crippen LogP contribution is 2.60. The van der Waals surface area contributed by atoms with Gasteiger partial charge in [0, 0.05) is 0 Å². The lowest BCUT2D eigenvalue weighted by molar-refractivity contribution is -0.139. The maximum absolute atomic E-state index is 11.0. The van der Waals surface area contributed by atoms with Crippen molar-refractivity contribution in [1.82, 2.24) is 0 Å². The van der Waals surface area contributed by atoms with Crippen LogP contribution in [0.1, 0.15) is 40.0 Å². The third-order valence-corrected chi connectivity index (χ3v) is 4.06. The molecule has 2 rings (SSSR count). The minimum Gasteiger partial charge on any atom is -0.481 e. The zero-order valence-corrected chi connectivity index (χ0v) is 10.8. The van der Waals surface area contributed by atoms with Gasteiger partial charge < -0.3 is 9.94 Å². The summed E-state index contributed by atoms with van der Waals surface area (Å²) in [7, 11) is 0. The van der Waals surface area contributed by atoms with Crippen LogP contribution in [0.5, 0.6) is 0 Å². The minimum absolute atomic E-state index is 0.0981. The lowest BCUT2D eigenvalue weighted by Gasteiger charge is -2.02. The number of carboxylic acids is 1. The monoisotopic (exact) mass is 239 g/mol. The molecule has 17 heavy (non-hydrogen) atoms. The SMILES string of the molecule is CC(CC1[C@@H](C(=O)O)C1(C)C)=NOCC1CC1. The summed E-state index contributed by atoms with van der Waals surface area (Å²) in [4.78, 5) is 16.3. The Morgan fingerprint density at radius 3 is 2.59 bits per heavy atom. The number of carboxylic acid groups (broad SMARTS) is 1. The van der Waals surface area contributed by atoms with Gasteiger partial charge in [0.1, 0.15) is 6.61 Å². The molecular weight excluding hydrogens is 218 g/mol. The molecule has 0 radical (unpaired) electrons. The topological polar surface area (TPSA) is 58.9 Å². The van der Waals surface area contributed by atoms with Gasteiger partial charge in [-0.25, -0.2) is 0 Å². The predicted molar refractivity (Wildman–Crippen MR) is 64.8 cm³/mol. The first kappa shape index (κ1) is 12.4. The lowest BCUT2D eigenvalue weighted by atomic mass is 10.1. The second-order valence-corrected chi connectivity index (χ2v) is 6.01. The van der Waals surface area contributed by atoms with E-state index in [2.05, 4.69) is 5.16 Å². The minimum atomic E-state index is -0.688. The van der Waals surface area contributed by atoms with Crippen molar-refractivity contribution in [2.24, 2.45) is 28.3 Å². The van der Waals surface area contributed by atoms with Crippen molar-refractivity contribution in [3.63, 3.8) is 0 Å². The number of carbonyl (C=O) groups is 1. The Morgan fingerprint density at radius 1 is 1.47 bits per heavy atom. The summed E-state index contributed by atoms with van der Waals surface area (Å²) in [5.74, 6) is -0.00765. The molecule has 0 aromatic heterocycles. The summed E-state index contributed by atoms with van der Waals surface area (Å²) in [6.07, 6.45) is 3.24. The van der Waals surface area contributed by atoms with E-state index in [0.717, 1.165) is 12.1 Å². The molecule has 1 N–H and O–H groups in total. The van der Waals surface area contributed by atoms with Crippen LogP contribution in [0, 0.1) is 23.2 Å². The highest BCUT2D eigenvalue weighted by molar-refractivity contribution is 5.84. The van der Waals surface area contributed by atoms with Gasteiger partial charge in [0.2, 0.25) is 0 Å². The lowest BCUT2D eigenvalue weighted by Crippen LogP contribution is -2.03. The summed E-state index contributed by atoms with van der Waals surface area (Å²) in [5, 5.41) is 13.1. The molecule has 2 saturated carbocycles. The van der Waals surface area contributed by atoms with Gasteiger partial charge in [0.05, 0.1) is 11.6 Å². The first-order valence-corrected chi connectivity index (χ1v) is 6.31. The Labute approximate surface area is 102 Å². The van der Waals surface area contributed by atoms with Gasteiger partial charge in [-0.2, -0.15) is 0 Å². The fourth-order valence-corrected chi connectivity index (χ4v) is 2.51. The summed E-state index contributed by atoms with van der Waals surface area (Å²) < 4.78 is 0. The number of aliphatic carboxylic acids is 1. The van der Waals surface area contributed by atoms with Crippen molar-refractivity contribution in [2.45, 2.75) is 40.0 Å². The summed E-state index contributed by atoms with van der Waals surface area (Å²) >= 11 is 0. The van der Waals surface area contributed by atoms with Gasteiger partial charge in [-0.1, -0.05) is 19.0 Å². The van der Waals surface area contributed by atoms with Crippen LogP contribution < -0.4 is 0 Å². The zero-order valence-electron chi connectivity index (χ0n) is 10.8. The smallest absolute Gasteiger partial charge is 0.307 e. The van der Waals surface area contributed by atoms with Crippen molar-refractivity contribution in [2.75, 3.05) is 6.61 Å². The van der Waals surface area contributed by atoms with Crippen LogP contribution in [0.15, 0.2) is 5.16 Å². The third kappa shape index (κ3) is 2.79. The fourth-order valence-electron chi connectivity index (χ4n) is 2.51. The first-order chi connectivity index (χ1) is 7.93. The van der Waals surface area contributed by atoms with E-state index in [4.69, 9.17) is 9.94 Å². The molecule has 96 valence electrons. The number of nitrogens with zero attached hydrogens (tertiary/aromatic N) is 1. The average molecular weight is 239 g/mol. The number of hydrogen-bond acceptors (Lipinski definition) is 3. The highest BCUT2D eigenvalue weighted by Gasteiger charge is 2.61. The van der Waals surface area contributed by atoms with E-state index >= 15 is 0 Å². The number of rotatable bonds is 6. The van der Waals surface area contributed by atoms with Gasteiger partial charge in [-0.15, -0.1) is 0 Å². The van der Waals surface area contributed by atoms with Crippen LogP contribution in [0.4, 0.5) is 0 Å². The quantitative estimate of drug-likeness (QED) is 0.572. The first-order valence-electron chi connectivity index (χ1n) is 6.31. The molecule has 0 bridgehead atoms. The Hall–Kier alpha value is -1.06. The van der Waals surface area contributed by atoms with Crippen LogP contribution >= 0.6 is 0 Å². The molecule has 0 amide bonds. The predicted octanol–water partition coefficient (Wildman–Crippen LogP) is 2.54. The van der Waals surface area contributed by atoms with E-state index in [1.165, 1.54) is 12.8 Å². The average Bonchev–Trinajstić information content (AvgIpc) is 3.06. The van der Waals surface area contributed by atoms with E-state index in [-0.39, 0.29) is 17.3 Å². The Morgan fingerprint density at radius 2 is 2.12 bits per heavy atom. The molecule has 2 aliphatic carbocycles. The third-order valence-electron chi connectivity index (χ3n) is 4.06. The molecule has 1 unspecified atom stereocenters. The van der Waals surface area contributed by atoms with E-state index < -0.39 is 5.97 Å². The largest absolute Gasteiger partial charge is 0.481 e. The maximum atomic E-state index is 11.0. The zero-order chi connectivity index (χ0) is 12.6. The van der Waals surface area contributed by atoms with Crippen LogP contribution in [-0.2, 0) is 9.63 Å². The normalized spacial score (nSPS) is 31.1. The summed E-state index contributed by atoms with van der Waals surface area (Å²) in [6, 6.07) is 0. The number of oxime groups is 1. The van der Waals surface area contributed by atoms with Crippen LogP contribution in [0.2, 0.25) is 0 Å². The second-order valence-electron chi connectivity index (χ2n) is 6.01. The maximum Gasteiger partial charge on any atom is 0.307 e. The summed E-state index contributed by atoms with van der Waals surface area (Å²) in [6.45, 7) is 6.65. The van der Waals surface area contributed by atoms with Crippen LogP contribution in [0.3, 0.4) is 0 Å². The molecule has 4 nitrogen and oxygen atoms in total. The standard InChI is InChI=1S/C13H21NO3/c1-8(14-17-7-9-4-5-9)6-10-11(12(15)16)13(10,2)3/h9-11H,4-7H2,1-3H3,(H,15,16)/t10?,11-/m0/s1. The molecule has 0 aromatic carbocycles. The Bertz CT molecular complexity index is 345. The molecule has 0 heterocycles. The molecule has 0 aliphatic heterocycles. The van der Waals surface area contributed by atoms with Gasteiger partial charge in [0.25, 0.3) is 0 Å². The summed E-state index contributed by atoms with van der Waals surface area (Å²) in [5.41, 5.74) is 0.812. The van der Waals surface area contributed by atoms with Crippen molar-refractivity contribution in [3.8, 4) is 0 Å². The molecular formula is C13H21NO3. The van der Waals surface area contributed by atoms with E-state index in [0.29, 0.717) is 12.5 Å². The molecule has 2 fully saturated rings. The van der Waals surface area contributed by atoms with Crippen molar-refractivity contribution < 1.29 is 14.7 Å². The second kappa shape index (κ2) is 4.31. The Balaban J connectivity index is 1.78. The van der Waals surface area contributed by atoms with Crippen molar-refractivity contribution >= 4 is 11.7 Å². The molecule has 4 heteroatoms. The molecule has 0 aromatic rings. The number of hydrogen-bond donors (Lipinski definition) is 1. The van der Waals surface area contributed by atoms with Gasteiger partial charge in [-0.05, 0) is 43.4 Å². The van der Waals surface area contributed by atoms with Gasteiger partial charge in [0.15, 0.2) is 0 Å².